The Balaban J connectivity index is 2.47. The van der Waals surface area contributed by atoms with Gasteiger partial charge >= 0.3 is 0 Å². The Morgan fingerprint density at radius 2 is 2.12 bits per heavy atom. The van der Waals surface area contributed by atoms with Crippen molar-refractivity contribution in [2.75, 3.05) is 11.4 Å². The highest BCUT2D eigenvalue weighted by molar-refractivity contribution is 6.52. The number of ketones is 1. The maximum atomic E-state index is 11.8. The van der Waals surface area contributed by atoms with Gasteiger partial charge in [-0.1, -0.05) is 29.8 Å². The number of benzene rings is 1. The monoisotopic (exact) mass is 249 g/mol. The van der Waals surface area contributed by atoms with Crippen LogP contribution in [-0.2, 0) is 4.79 Å². The molecular weight excluding hydrogens is 238 g/mol. The first-order valence-electron chi connectivity index (χ1n) is 5.30. The normalized spacial score (nSPS) is 15.5. The molecule has 0 saturated carbocycles. The molecule has 1 amide bonds. The van der Waals surface area contributed by atoms with E-state index < -0.39 is 11.7 Å². The molecule has 0 fully saturated rings. The molecule has 0 atom stereocenters. The van der Waals surface area contributed by atoms with Gasteiger partial charge in [0.1, 0.15) is 0 Å². The maximum Gasteiger partial charge on any atom is 0.299 e. The summed E-state index contributed by atoms with van der Waals surface area (Å²) in [6.45, 7) is 3.95. The lowest BCUT2D eigenvalue weighted by molar-refractivity contribution is -0.114. The molecule has 0 saturated heterocycles. The fraction of sp³-hybridized carbons (Fsp3) is 0.231. The number of carbonyl (C=O) groups is 2. The summed E-state index contributed by atoms with van der Waals surface area (Å²) < 4.78 is 0. The number of anilines is 1. The molecule has 1 heterocycles. The molecular formula is C13H12ClNO2. The molecule has 17 heavy (non-hydrogen) atoms. The number of nitrogens with zero attached hydrogens (tertiary/aromatic N) is 1. The van der Waals surface area contributed by atoms with E-state index in [-0.39, 0.29) is 0 Å². The molecule has 0 radical (unpaired) electrons. The van der Waals surface area contributed by atoms with Gasteiger partial charge in [-0.15, -0.1) is 0 Å². The Morgan fingerprint density at radius 3 is 2.76 bits per heavy atom. The van der Waals surface area contributed by atoms with Crippen LogP contribution in [0.3, 0.4) is 0 Å². The van der Waals surface area contributed by atoms with Gasteiger partial charge in [0.15, 0.2) is 0 Å². The van der Waals surface area contributed by atoms with Crippen LogP contribution in [0.1, 0.15) is 22.8 Å². The molecule has 88 valence electrons. The first-order valence-corrected chi connectivity index (χ1v) is 5.68. The van der Waals surface area contributed by atoms with E-state index in [2.05, 4.69) is 0 Å². The van der Waals surface area contributed by atoms with Crippen LogP contribution < -0.4 is 4.90 Å². The Labute approximate surface area is 105 Å². The fourth-order valence-electron chi connectivity index (χ4n) is 1.93. The Hall–Kier alpha value is -1.61. The SMILES string of the molecule is C/C(Cl)=C\CN1C(=O)C(=O)c2cccc(C)c21. The van der Waals surface area contributed by atoms with Gasteiger partial charge in [-0.25, -0.2) is 0 Å². The standard InChI is InChI=1S/C13H12ClNO2/c1-8-4-3-5-10-11(8)15(7-6-9(2)14)13(17)12(10)16/h3-6H,7H2,1-2H3/b9-6+. The number of rotatable bonds is 2. The predicted octanol–water partition coefficient (Wildman–Crippen LogP) is 2.67. The van der Waals surface area contributed by atoms with Crippen molar-refractivity contribution in [1.82, 2.24) is 0 Å². The van der Waals surface area contributed by atoms with Gasteiger partial charge in [0, 0.05) is 11.6 Å². The first kappa shape index (κ1) is 11.9. The molecule has 0 unspecified atom stereocenters. The van der Waals surface area contributed by atoms with Crippen LogP contribution in [0.4, 0.5) is 5.69 Å². The van der Waals surface area contributed by atoms with E-state index in [0.29, 0.717) is 22.8 Å². The summed E-state index contributed by atoms with van der Waals surface area (Å²) >= 11 is 5.75. The zero-order valence-corrected chi connectivity index (χ0v) is 10.4. The number of Topliss-reactive ketones (excluding diaryl/α,β-unsaturated/α-hetero) is 1. The van der Waals surface area contributed by atoms with E-state index in [1.54, 1.807) is 25.1 Å². The third-order valence-electron chi connectivity index (χ3n) is 2.75. The van der Waals surface area contributed by atoms with Crippen molar-refractivity contribution >= 4 is 29.0 Å². The lowest BCUT2D eigenvalue weighted by Gasteiger charge is -2.16. The van der Waals surface area contributed by atoms with Gasteiger partial charge in [-0.3, -0.25) is 9.59 Å². The van der Waals surface area contributed by atoms with E-state index in [1.165, 1.54) is 4.90 Å². The minimum atomic E-state index is -0.483. The number of halogens is 1. The van der Waals surface area contributed by atoms with Crippen LogP contribution in [0.2, 0.25) is 0 Å². The van der Waals surface area contributed by atoms with Crippen LogP contribution in [0.25, 0.3) is 0 Å². The van der Waals surface area contributed by atoms with Crippen LogP contribution in [0.5, 0.6) is 0 Å². The van der Waals surface area contributed by atoms with Crippen molar-refractivity contribution in [2.45, 2.75) is 13.8 Å². The van der Waals surface area contributed by atoms with Crippen molar-refractivity contribution < 1.29 is 9.59 Å². The van der Waals surface area contributed by atoms with Gasteiger partial charge in [-0.2, -0.15) is 0 Å². The molecule has 0 spiro atoms. The van der Waals surface area contributed by atoms with Crippen molar-refractivity contribution in [3.63, 3.8) is 0 Å². The van der Waals surface area contributed by atoms with Crippen molar-refractivity contribution in [3.05, 3.63) is 40.4 Å². The molecule has 0 bridgehead atoms. The van der Waals surface area contributed by atoms with Crippen LogP contribution in [0.15, 0.2) is 29.3 Å². The number of amides is 1. The average Bonchev–Trinajstić information content (AvgIpc) is 2.52. The third-order valence-corrected chi connectivity index (χ3v) is 2.90. The predicted molar refractivity (Wildman–Crippen MR) is 67.5 cm³/mol. The van der Waals surface area contributed by atoms with Gasteiger partial charge in [0.2, 0.25) is 0 Å². The summed E-state index contributed by atoms with van der Waals surface area (Å²) in [4.78, 5) is 25.1. The molecule has 1 aromatic carbocycles. The number of hydrogen-bond donors (Lipinski definition) is 0. The Kier molecular flexibility index (Phi) is 3.03. The van der Waals surface area contributed by atoms with Crippen molar-refractivity contribution in [2.24, 2.45) is 0 Å². The van der Waals surface area contributed by atoms with E-state index >= 15 is 0 Å². The highest BCUT2D eigenvalue weighted by Gasteiger charge is 2.35. The van der Waals surface area contributed by atoms with Crippen LogP contribution in [0, 0.1) is 6.92 Å². The summed E-state index contributed by atoms with van der Waals surface area (Å²) in [5.74, 6) is -0.923. The molecule has 2 rings (SSSR count). The second kappa shape index (κ2) is 4.34. The van der Waals surface area contributed by atoms with Crippen LogP contribution in [-0.4, -0.2) is 18.2 Å². The lowest BCUT2D eigenvalue weighted by Crippen LogP contribution is -2.30. The molecule has 4 heteroatoms. The molecule has 1 aliphatic heterocycles. The third kappa shape index (κ3) is 1.98. The van der Waals surface area contributed by atoms with Gasteiger partial charge in [0.25, 0.3) is 11.7 Å². The largest absolute Gasteiger partial charge is 0.301 e. The van der Waals surface area contributed by atoms with E-state index in [1.807, 2.05) is 13.0 Å². The molecule has 3 nitrogen and oxygen atoms in total. The molecule has 0 aromatic heterocycles. The van der Waals surface area contributed by atoms with Gasteiger partial charge in [0.05, 0.1) is 11.3 Å². The van der Waals surface area contributed by atoms with Crippen molar-refractivity contribution in [3.8, 4) is 0 Å². The van der Waals surface area contributed by atoms with E-state index in [0.717, 1.165) is 5.56 Å². The number of fused-ring (bicyclic) bond motifs is 1. The van der Waals surface area contributed by atoms with E-state index in [4.69, 9.17) is 11.6 Å². The number of para-hydroxylation sites is 1. The second-order valence-electron chi connectivity index (χ2n) is 4.01. The summed E-state index contributed by atoms with van der Waals surface area (Å²) in [5.41, 5.74) is 2.11. The van der Waals surface area contributed by atoms with Crippen molar-refractivity contribution in [1.29, 1.82) is 0 Å². The number of allylic oxidation sites excluding steroid dienone is 1. The summed E-state index contributed by atoms with van der Waals surface area (Å²) in [6.07, 6.45) is 1.72. The average molecular weight is 250 g/mol. The molecule has 0 N–H and O–H groups in total. The zero-order valence-electron chi connectivity index (χ0n) is 9.66. The summed E-state index contributed by atoms with van der Waals surface area (Å²) in [6, 6.07) is 5.35. The topological polar surface area (TPSA) is 37.4 Å². The highest BCUT2D eigenvalue weighted by atomic mass is 35.5. The quantitative estimate of drug-likeness (QED) is 0.756. The minimum Gasteiger partial charge on any atom is -0.301 e. The summed E-state index contributed by atoms with van der Waals surface area (Å²) in [5, 5.41) is 0.604. The van der Waals surface area contributed by atoms with E-state index in [9.17, 15) is 9.59 Å². The first-order chi connectivity index (χ1) is 8.02. The Bertz CT molecular complexity index is 530. The van der Waals surface area contributed by atoms with Gasteiger partial charge < -0.3 is 4.90 Å². The van der Waals surface area contributed by atoms with Crippen LogP contribution >= 0.6 is 11.6 Å². The zero-order chi connectivity index (χ0) is 12.6. The maximum absolute atomic E-state index is 11.8. The number of carbonyl (C=O) groups excluding carboxylic acids is 2. The molecule has 1 aliphatic rings. The Morgan fingerprint density at radius 1 is 1.41 bits per heavy atom. The number of hydrogen-bond acceptors (Lipinski definition) is 2. The highest BCUT2D eigenvalue weighted by Crippen LogP contribution is 2.32. The minimum absolute atomic E-state index is 0.331. The second-order valence-corrected chi connectivity index (χ2v) is 4.60. The lowest BCUT2D eigenvalue weighted by atomic mass is 10.1. The van der Waals surface area contributed by atoms with Gasteiger partial charge in [-0.05, 0) is 25.5 Å². The summed E-state index contributed by atoms with van der Waals surface area (Å²) in [7, 11) is 0. The molecule has 0 aliphatic carbocycles. The smallest absolute Gasteiger partial charge is 0.299 e. The number of aryl methyl sites for hydroxylation is 1. The molecule has 1 aromatic rings. The fourth-order valence-corrected chi connectivity index (χ4v) is 2.00.